The molecule has 0 radical (unpaired) electrons. The summed E-state index contributed by atoms with van der Waals surface area (Å²) in [5, 5.41) is 2.68. The summed E-state index contributed by atoms with van der Waals surface area (Å²) in [6, 6.07) is -0.401. The van der Waals surface area contributed by atoms with Gasteiger partial charge in [0.25, 0.3) is 0 Å². The maximum Gasteiger partial charge on any atom is 0.312 e. The van der Waals surface area contributed by atoms with Crippen molar-refractivity contribution in [1.29, 1.82) is 0 Å². The van der Waals surface area contributed by atoms with Crippen LogP contribution in [0, 0.1) is 17.8 Å². The minimum Gasteiger partial charge on any atom is -0.352 e. The first-order valence-corrected chi connectivity index (χ1v) is 4.47. The van der Waals surface area contributed by atoms with Gasteiger partial charge < -0.3 is 11.1 Å². The molecule has 0 aromatic rings. The SMILES string of the molecule is NC(=O)NC[C@H]1C[C@H]2C=C[C@@H]1C2. The van der Waals surface area contributed by atoms with Gasteiger partial charge in [0, 0.05) is 6.54 Å². The highest BCUT2D eigenvalue weighted by atomic mass is 16.2. The van der Waals surface area contributed by atoms with Crippen molar-refractivity contribution in [3.63, 3.8) is 0 Å². The number of nitrogens with two attached hydrogens (primary N) is 1. The number of nitrogens with one attached hydrogen (secondary N) is 1. The Morgan fingerprint density at radius 3 is 2.83 bits per heavy atom. The lowest BCUT2D eigenvalue weighted by Crippen LogP contribution is -2.34. The molecule has 3 atom stereocenters. The first-order valence-electron chi connectivity index (χ1n) is 4.47. The fourth-order valence-electron chi connectivity index (χ4n) is 2.36. The summed E-state index contributed by atoms with van der Waals surface area (Å²) >= 11 is 0. The molecule has 2 bridgehead atoms. The number of hydrogen-bond acceptors (Lipinski definition) is 1. The summed E-state index contributed by atoms with van der Waals surface area (Å²) in [5.41, 5.74) is 5.00. The molecule has 0 aliphatic heterocycles. The second-order valence-corrected chi connectivity index (χ2v) is 3.79. The van der Waals surface area contributed by atoms with Crippen molar-refractivity contribution in [3.05, 3.63) is 12.2 Å². The van der Waals surface area contributed by atoms with Crippen LogP contribution in [0.25, 0.3) is 0 Å². The Morgan fingerprint density at radius 2 is 2.33 bits per heavy atom. The molecular formula is C9H14N2O. The third kappa shape index (κ3) is 1.31. The minimum atomic E-state index is -0.401. The molecule has 0 aromatic heterocycles. The number of allylic oxidation sites excluding steroid dienone is 2. The van der Waals surface area contributed by atoms with E-state index in [9.17, 15) is 4.79 Å². The molecule has 66 valence electrons. The van der Waals surface area contributed by atoms with Crippen LogP contribution in [-0.2, 0) is 0 Å². The Labute approximate surface area is 72.0 Å². The molecule has 0 unspecified atom stereocenters. The molecule has 2 aliphatic rings. The second-order valence-electron chi connectivity index (χ2n) is 3.79. The monoisotopic (exact) mass is 166 g/mol. The molecule has 1 fully saturated rings. The average Bonchev–Trinajstić information content (AvgIpc) is 2.60. The van der Waals surface area contributed by atoms with E-state index in [1.165, 1.54) is 12.8 Å². The van der Waals surface area contributed by atoms with Gasteiger partial charge in [0.05, 0.1) is 0 Å². The molecule has 0 aromatic carbocycles. The number of urea groups is 1. The van der Waals surface area contributed by atoms with Gasteiger partial charge in [-0.05, 0) is 30.6 Å². The minimum absolute atomic E-state index is 0.401. The van der Waals surface area contributed by atoms with Crippen molar-refractivity contribution in [1.82, 2.24) is 5.32 Å². The molecule has 3 N–H and O–H groups in total. The fraction of sp³-hybridized carbons (Fsp3) is 0.667. The number of carbonyl (C=O) groups excluding carboxylic acids is 1. The van der Waals surface area contributed by atoms with Crippen LogP contribution in [0.1, 0.15) is 12.8 Å². The Morgan fingerprint density at radius 1 is 1.50 bits per heavy atom. The quantitative estimate of drug-likeness (QED) is 0.587. The van der Waals surface area contributed by atoms with E-state index >= 15 is 0 Å². The van der Waals surface area contributed by atoms with Gasteiger partial charge in [0.1, 0.15) is 0 Å². The van der Waals surface area contributed by atoms with Crippen molar-refractivity contribution in [2.24, 2.45) is 23.5 Å². The number of fused-ring (bicyclic) bond motifs is 2. The van der Waals surface area contributed by atoms with E-state index in [0.717, 1.165) is 12.5 Å². The third-order valence-corrected chi connectivity index (χ3v) is 2.95. The van der Waals surface area contributed by atoms with Crippen LogP contribution < -0.4 is 11.1 Å². The highest BCUT2D eigenvalue weighted by molar-refractivity contribution is 5.71. The molecule has 0 spiro atoms. The van der Waals surface area contributed by atoms with Gasteiger partial charge in [-0.3, -0.25) is 0 Å². The highest BCUT2D eigenvalue weighted by Crippen LogP contribution is 2.42. The summed E-state index contributed by atoms with van der Waals surface area (Å²) in [4.78, 5) is 10.5. The van der Waals surface area contributed by atoms with Crippen LogP contribution in [0.5, 0.6) is 0 Å². The Kier molecular flexibility index (Phi) is 1.79. The lowest BCUT2D eigenvalue weighted by molar-refractivity contribution is 0.246. The zero-order valence-electron chi connectivity index (χ0n) is 6.99. The first-order chi connectivity index (χ1) is 5.75. The summed E-state index contributed by atoms with van der Waals surface area (Å²) in [7, 11) is 0. The number of rotatable bonds is 2. The largest absolute Gasteiger partial charge is 0.352 e. The molecule has 2 amide bonds. The maximum atomic E-state index is 10.5. The molecule has 0 heterocycles. The van der Waals surface area contributed by atoms with Crippen molar-refractivity contribution in [2.45, 2.75) is 12.8 Å². The predicted molar refractivity (Wildman–Crippen MR) is 46.4 cm³/mol. The molecule has 2 rings (SSSR count). The van der Waals surface area contributed by atoms with E-state index in [1.807, 2.05) is 0 Å². The van der Waals surface area contributed by atoms with Crippen molar-refractivity contribution in [2.75, 3.05) is 6.54 Å². The van der Waals surface area contributed by atoms with E-state index in [1.54, 1.807) is 0 Å². The Hall–Kier alpha value is -0.990. The topological polar surface area (TPSA) is 55.1 Å². The highest BCUT2D eigenvalue weighted by Gasteiger charge is 2.35. The zero-order chi connectivity index (χ0) is 8.55. The van der Waals surface area contributed by atoms with Crippen molar-refractivity contribution < 1.29 is 4.79 Å². The number of hydrogen-bond donors (Lipinski definition) is 2. The number of amides is 2. The summed E-state index contributed by atoms with van der Waals surface area (Å²) in [6.45, 7) is 0.751. The maximum absolute atomic E-state index is 10.5. The summed E-state index contributed by atoms with van der Waals surface area (Å²) in [6.07, 6.45) is 7.08. The van der Waals surface area contributed by atoms with E-state index < -0.39 is 6.03 Å². The lowest BCUT2D eigenvalue weighted by Gasteiger charge is -2.17. The third-order valence-electron chi connectivity index (χ3n) is 2.95. The van der Waals surface area contributed by atoms with E-state index in [4.69, 9.17) is 5.73 Å². The average molecular weight is 166 g/mol. The second kappa shape index (κ2) is 2.81. The molecule has 3 heteroatoms. The molecular weight excluding hydrogens is 152 g/mol. The van der Waals surface area contributed by atoms with Gasteiger partial charge in [0.15, 0.2) is 0 Å². The van der Waals surface area contributed by atoms with Crippen LogP contribution >= 0.6 is 0 Å². The summed E-state index contributed by atoms with van der Waals surface area (Å²) < 4.78 is 0. The van der Waals surface area contributed by atoms with E-state index in [0.29, 0.717) is 11.8 Å². The van der Waals surface area contributed by atoms with Crippen molar-refractivity contribution in [3.8, 4) is 0 Å². The number of carbonyl (C=O) groups is 1. The molecule has 1 saturated carbocycles. The molecule has 3 nitrogen and oxygen atoms in total. The molecule has 0 saturated heterocycles. The van der Waals surface area contributed by atoms with Gasteiger partial charge in [-0.2, -0.15) is 0 Å². The fourth-order valence-corrected chi connectivity index (χ4v) is 2.36. The van der Waals surface area contributed by atoms with Crippen LogP contribution in [0.2, 0.25) is 0 Å². The van der Waals surface area contributed by atoms with Gasteiger partial charge in [-0.25, -0.2) is 4.79 Å². The smallest absolute Gasteiger partial charge is 0.312 e. The Balaban J connectivity index is 1.83. The summed E-state index contributed by atoms with van der Waals surface area (Å²) in [5.74, 6) is 2.10. The van der Waals surface area contributed by atoms with E-state index in [2.05, 4.69) is 17.5 Å². The van der Waals surface area contributed by atoms with Crippen molar-refractivity contribution >= 4 is 6.03 Å². The standard InChI is InChI=1S/C9H14N2O/c10-9(12)11-5-8-4-6-1-2-7(8)3-6/h1-2,6-8H,3-5H2,(H3,10,11,12)/t6-,7+,8+/m0/s1. The van der Waals surface area contributed by atoms with Gasteiger partial charge in [-0.1, -0.05) is 12.2 Å². The number of primary amides is 1. The van der Waals surface area contributed by atoms with Crippen LogP contribution in [0.15, 0.2) is 12.2 Å². The lowest BCUT2D eigenvalue weighted by atomic mass is 9.94. The first kappa shape index (κ1) is 7.65. The van der Waals surface area contributed by atoms with Crippen LogP contribution in [-0.4, -0.2) is 12.6 Å². The van der Waals surface area contributed by atoms with Crippen LogP contribution in [0.4, 0.5) is 4.79 Å². The predicted octanol–water partition coefficient (Wildman–Crippen LogP) is 0.867. The zero-order valence-corrected chi connectivity index (χ0v) is 6.99. The molecule has 2 aliphatic carbocycles. The van der Waals surface area contributed by atoms with Gasteiger partial charge in [0.2, 0.25) is 0 Å². The van der Waals surface area contributed by atoms with Gasteiger partial charge in [-0.15, -0.1) is 0 Å². The van der Waals surface area contributed by atoms with Crippen LogP contribution in [0.3, 0.4) is 0 Å². The normalized spacial score (nSPS) is 37.2. The Bertz CT molecular complexity index is 225. The van der Waals surface area contributed by atoms with Gasteiger partial charge >= 0.3 is 6.03 Å². The molecule has 12 heavy (non-hydrogen) atoms. The van der Waals surface area contributed by atoms with E-state index in [-0.39, 0.29) is 0 Å².